The summed E-state index contributed by atoms with van der Waals surface area (Å²) in [6.45, 7) is 0.160. The molecule has 0 spiro atoms. The van der Waals surface area contributed by atoms with Gasteiger partial charge in [-0.05, 0) is 36.4 Å². The number of ether oxygens (including phenoxy) is 1. The van der Waals surface area contributed by atoms with Crippen molar-refractivity contribution in [1.29, 1.82) is 0 Å². The van der Waals surface area contributed by atoms with Crippen LogP contribution in [0.5, 0.6) is 0 Å². The number of rotatable bonds is 4. The second kappa shape index (κ2) is 6.62. The molecule has 4 nitrogen and oxygen atoms in total. The third kappa shape index (κ3) is 3.17. The number of hydrogen-bond acceptors (Lipinski definition) is 4. The van der Waals surface area contributed by atoms with Crippen LogP contribution in [0.15, 0.2) is 48.7 Å². The van der Waals surface area contributed by atoms with Crippen molar-refractivity contribution in [2.75, 3.05) is 12.4 Å². The number of benzene rings is 2. The standard InChI is InChI=1S/C18H14F2N2O2/c1-24-18(23)11-2-5-15(20)12(8-11)10-22-16-6-7-21-17-9-13(19)3-4-14(16)17/h2-9H,10H2,1H3,(H,21,22). The number of aromatic nitrogens is 1. The predicted octanol–water partition coefficient (Wildman–Crippen LogP) is 3.91. The largest absolute Gasteiger partial charge is 0.465 e. The highest BCUT2D eigenvalue weighted by Gasteiger charge is 2.10. The fraction of sp³-hybridized carbons (Fsp3) is 0.111. The summed E-state index contributed by atoms with van der Waals surface area (Å²) in [7, 11) is 1.27. The Hall–Kier alpha value is -3.02. The molecule has 0 amide bonds. The number of anilines is 1. The van der Waals surface area contributed by atoms with E-state index in [4.69, 9.17) is 0 Å². The summed E-state index contributed by atoms with van der Waals surface area (Å²) in [4.78, 5) is 15.7. The molecule has 0 bridgehead atoms. The number of carbonyl (C=O) groups is 1. The van der Waals surface area contributed by atoms with Crippen molar-refractivity contribution in [3.63, 3.8) is 0 Å². The smallest absolute Gasteiger partial charge is 0.337 e. The van der Waals surface area contributed by atoms with Crippen molar-refractivity contribution in [3.8, 4) is 0 Å². The highest BCUT2D eigenvalue weighted by atomic mass is 19.1. The zero-order valence-corrected chi connectivity index (χ0v) is 12.8. The van der Waals surface area contributed by atoms with Crippen LogP contribution < -0.4 is 5.32 Å². The minimum Gasteiger partial charge on any atom is -0.465 e. The Bertz CT molecular complexity index is 913. The van der Waals surface area contributed by atoms with Crippen molar-refractivity contribution >= 4 is 22.6 Å². The quantitative estimate of drug-likeness (QED) is 0.738. The maximum absolute atomic E-state index is 14.0. The van der Waals surface area contributed by atoms with Gasteiger partial charge in [0.2, 0.25) is 0 Å². The maximum atomic E-state index is 14.0. The Morgan fingerprint density at radius 3 is 2.79 bits per heavy atom. The lowest BCUT2D eigenvalue weighted by Crippen LogP contribution is -2.06. The van der Waals surface area contributed by atoms with Crippen molar-refractivity contribution in [2.45, 2.75) is 6.54 Å². The number of fused-ring (bicyclic) bond motifs is 1. The molecule has 1 aromatic heterocycles. The zero-order chi connectivity index (χ0) is 17.1. The van der Waals surface area contributed by atoms with Gasteiger partial charge >= 0.3 is 5.97 Å². The van der Waals surface area contributed by atoms with Gasteiger partial charge in [-0.3, -0.25) is 4.98 Å². The van der Waals surface area contributed by atoms with Gasteiger partial charge in [-0.25, -0.2) is 13.6 Å². The SMILES string of the molecule is COC(=O)c1ccc(F)c(CNc2ccnc3cc(F)ccc23)c1. The molecule has 0 aliphatic carbocycles. The van der Waals surface area contributed by atoms with Gasteiger partial charge in [0.05, 0.1) is 18.2 Å². The van der Waals surface area contributed by atoms with Crippen LogP contribution in [0.1, 0.15) is 15.9 Å². The van der Waals surface area contributed by atoms with Gasteiger partial charge in [-0.1, -0.05) is 0 Å². The van der Waals surface area contributed by atoms with Crippen molar-refractivity contribution < 1.29 is 18.3 Å². The monoisotopic (exact) mass is 328 g/mol. The van der Waals surface area contributed by atoms with E-state index in [0.717, 1.165) is 5.39 Å². The fourth-order valence-corrected chi connectivity index (χ4v) is 2.42. The van der Waals surface area contributed by atoms with Crippen LogP contribution in [0.25, 0.3) is 10.9 Å². The van der Waals surface area contributed by atoms with Gasteiger partial charge in [0.15, 0.2) is 0 Å². The summed E-state index contributed by atoms with van der Waals surface area (Å²) in [6, 6.07) is 10.0. The topological polar surface area (TPSA) is 51.2 Å². The molecule has 3 rings (SSSR count). The molecule has 0 aliphatic rings. The molecule has 0 atom stereocenters. The van der Waals surface area contributed by atoms with Crippen LogP contribution in [0.3, 0.4) is 0 Å². The number of esters is 1. The second-order valence-electron chi connectivity index (χ2n) is 5.17. The molecule has 3 aromatic rings. The third-order valence-corrected chi connectivity index (χ3v) is 3.64. The normalized spacial score (nSPS) is 10.6. The van der Waals surface area contributed by atoms with E-state index in [1.54, 1.807) is 18.3 Å². The summed E-state index contributed by atoms with van der Waals surface area (Å²) in [5, 5.41) is 3.82. The first-order chi connectivity index (χ1) is 11.6. The van der Waals surface area contributed by atoms with Crippen molar-refractivity contribution in [1.82, 2.24) is 4.98 Å². The number of methoxy groups -OCH3 is 1. The number of pyridine rings is 1. The van der Waals surface area contributed by atoms with Gasteiger partial charge in [-0.2, -0.15) is 0 Å². The first kappa shape index (κ1) is 15.9. The molecular weight excluding hydrogens is 314 g/mol. The Morgan fingerprint density at radius 2 is 2.00 bits per heavy atom. The van der Waals surface area contributed by atoms with E-state index in [1.807, 2.05) is 0 Å². The predicted molar refractivity (Wildman–Crippen MR) is 86.8 cm³/mol. The molecule has 0 saturated heterocycles. The first-order valence-corrected chi connectivity index (χ1v) is 7.23. The van der Waals surface area contributed by atoms with Crippen LogP contribution in [0, 0.1) is 11.6 Å². The fourth-order valence-electron chi connectivity index (χ4n) is 2.42. The second-order valence-corrected chi connectivity index (χ2v) is 5.17. The minimum atomic E-state index is -0.527. The molecule has 0 aliphatic heterocycles. The van der Waals surface area contributed by atoms with E-state index in [9.17, 15) is 13.6 Å². The van der Waals surface area contributed by atoms with E-state index in [1.165, 1.54) is 37.4 Å². The molecule has 1 heterocycles. The van der Waals surface area contributed by atoms with E-state index in [2.05, 4.69) is 15.0 Å². The molecule has 0 unspecified atom stereocenters. The molecule has 0 saturated carbocycles. The maximum Gasteiger partial charge on any atom is 0.337 e. The van der Waals surface area contributed by atoms with Gasteiger partial charge in [0, 0.05) is 35.4 Å². The number of carbonyl (C=O) groups excluding carboxylic acids is 1. The Balaban J connectivity index is 1.87. The number of halogens is 2. The molecule has 24 heavy (non-hydrogen) atoms. The summed E-state index contributed by atoms with van der Waals surface area (Å²) in [5.41, 5.74) is 1.80. The van der Waals surface area contributed by atoms with E-state index in [0.29, 0.717) is 16.8 Å². The molecule has 0 fully saturated rings. The molecule has 2 aromatic carbocycles. The van der Waals surface area contributed by atoms with E-state index >= 15 is 0 Å². The van der Waals surface area contributed by atoms with Gasteiger partial charge < -0.3 is 10.1 Å². The molecule has 0 radical (unpaired) electrons. The van der Waals surface area contributed by atoms with Crippen LogP contribution in [-0.4, -0.2) is 18.1 Å². The summed E-state index contributed by atoms with van der Waals surface area (Å²) in [5.74, 6) is -1.33. The lowest BCUT2D eigenvalue weighted by Gasteiger charge is -2.11. The van der Waals surface area contributed by atoms with Crippen LogP contribution in [-0.2, 0) is 11.3 Å². The molecule has 1 N–H and O–H groups in total. The highest BCUT2D eigenvalue weighted by Crippen LogP contribution is 2.23. The highest BCUT2D eigenvalue weighted by molar-refractivity contribution is 5.91. The van der Waals surface area contributed by atoms with Crippen LogP contribution in [0.4, 0.5) is 14.5 Å². The molecule has 122 valence electrons. The summed E-state index contributed by atoms with van der Waals surface area (Å²) < 4.78 is 31.9. The number of hydrogen-bond donors (Lipinski definition) is 1. The Labute approximate surface area is 137 Å². The lowest BCUT2D eigenvalue weighted by molar-refractivity contribution is 0.0600. The molecular formula is C18H14F2N2O2. The van der Waals surface area contributed by atoms with Crippen molar-refractivity contribution in [2.24, 2.45) is 0 Å². The van der Waals surface area contributed by atoms with Crippen molar-refractivity contribution in [3.05, 3.63) is 71.4 Å². The number of nitrogens with one attached hydrogen (secondary N) is 1. The van der Waals surface area contributed by atoms with E-state index in [-0.39, 0.29) is 17.9 Å². The lowest BCUT2D eigenvalue weighted by atomic mass is 10.1. The average Bonchev–Trinajstić information content (AvgIpc) is 2.60. The first-order valence-electron chi connectivity index (χ1n) is 7.23. The minimum absolute atomic E-state index is 0.160. The van der Waals surface area contributed by atoms with Gasteiger partial charge in [0.25, 0.3) is 0 Å². The summed E-state index contributed by atoms with van der Waals surface area (Å²) in [6.07, 6.45) is 1.55. The van der Waals surface area contributed by atoms with E-state index < -0.39 is 11.8 Å². The number of nitrogens with zero attached hydrogens (tertiary/aromatic N) is 1. The van der Waals surface area contributed by atoms with Crippen LogP contribution in [0.2, 0.25) is 0 Å². The summed E-state index contributed by atoms with van der Waals surface area (Å²) >= 11 is 0. The van der Waals surface area contributed by atoms with Gasteiger partial charge in [-0.15, -0.1) is 0 Å². The van der Waals surface area contributed by atoms with Gasteiger partial charge in [0.1, 0.15) is 11.6 Å². The van der Waals surface area contributed by atoms with Crippen LogP contribution >= 0.6 is 0 Å². The Morgan fingerprint density at radius 1 is 1.17 bits per heavy atom. The Kier molecular flexibility index (Phi) is 4.37. The third-order valence-electron chi connectivity index (χ3n) is 3.64. The zero-order valence-electron chi connectivity index (χ0n) is 12.8. The average molecular weight is 328 g/mol. The molecule has 6 heteroatoms.